The average molecular weight is 418 g/mol. The molecule has 2 aromatic carbocycles. The molecule has 0 amide bonds. The highest BCUT2D eigenvalue weighted by molar-refractivity contribution is 6.01. The number of nitrogens with zero attached hydrogens (tertiary/aromatic N) is 1. The van der Waals surface area contributed by atoms with E-state index >= 15 is 0 Å². The number of fused-ring (bicyclic) bond motifs is 2. The van der Waals surface area contributed by atoms with Crippen LogP contribution in [-0.2, 0) is 0 Å². The van der Waals surface area contributed by atoms with Crippen LogP contribution in [0.4, 0.5) is 0 Å². The van der Waals surface area contributed by atoms with E-state index in [0.29, 0.717) is 0 Å². The fourth-order valence-electron chi connectivity index (χ4n) is 4.43. The Hall–Kier alpha value is -3.85. The van der Waals surface area contributed by atoms with Crippen LogP contribution in [0.15, 0.2) is 91.1 Å². The van der Waals surface area contributed by atoms with Crippen molar-refractivity contribution in [1.82, 2.24) is 15.2 Å². The summed E-state index contributed by atoms with van der Waals surface area (Å²) in [5, 5.41) is 10.2. The predicted molar refractivity (Wildman–Crippen MR) is 137 cm³/mol. The zero-order chi connectivity index (χ0) is 22.1. The molecular weight excluding hydrogens is 390 g/mol. The van der Waals surface area contributed by atoms with E-state index in [2.05, 4.69) is 108 Å². The second-order valence-corrected chi connectivity index (χ2v) is 8.10. The van der Waals surface area contributed by atoms with Crippen molar-refractivity contribution in [2.45, 2.75) is 26.7 Å². The van der Waals surface area contributed by atoms with Crippen LogP contribution in [0.3, 0.4) is 0 Å². The summed E-state index contributed by atoms with van der Waals surface area (Å²) >= 11 is 0. The first-order chi connectivity index (χ1) is 15.7. The number of benzene rings is 2. The molecule has 158 valence electrons. The lowest BCUT2D eigenvalue weighted by molar-refractivity contribution is 1.12. The third-order valence-electron chi connectivity index (χ3n) is 6.22. The second kappa shape index (κ2) is 8.35. The number of H-pyrrole nitrogens is 2. The quantitative estimate of drug-likeness (QED) is 0.307. The third-order valence-corrected chi connectivity index (χ3v) is 6.22. The summed E-state index contributed by atoms with van der Waals surface area (Å²) in [6.07, 6.45) is 14.9. The van der Waals surface area contributed by atoms with Crippen molar-refractivity contribution in [3.05, 3.63) is 102 Å². The van der Waals surface area contributed by atoms with Gasteiger partial charge in [-0.15, -0.1) is 0 Å². The molecule has 0 bridgehead atoms. The minimum absolute atomic E-state index is 0.943. The van der Waals surface area contributed by atoms with Gasteiger partial charge < -0.3 is 4.98 Å². The SMILES string of the molecule is C=C/C(=C\C(=C/C)c1ccc2[nH]nc(-c3cc4c(C5=CCC=C5)cccc4[nH]3)c2c1)CC. The number of allylic oxidation sites excluding steroid dienone is 9. The van der Waals surface area contributed by atoms with Gasteiger partial charge in [0.05, 0.1) is 11.2 Å². The zero-order valence-electron chi connectivity index (χ0n) is 18.6. The molecule has 0 saturated heterocycles. The smallest absolute Gasteiger partial charge is 0.116 e. The van der Waals surface area contributed by atoms with E-state index in [-0.39, 0.29) is 0 Å². The van der Waals surface area contributed by atoms with Gasteiger partial charge in [-0.1, -0.05) is 68.2 Å². The standard InChI is InChI=1S/C29H27N3/c1-4-19(5-2)16-20(6-3)22-14-15-27-25(17-22)29(32-31-27)28-18-24-23(21-10-7-8-11-21)12-9-13-26(24)30-28/h4,6-7,9-18,30H,1,5,8H2,2-3H3,(H,31,32)/b19-16+,20-6+. The van der Waals surface area contributed by atoms with Crippen molar-refractivity contribution in [2.75, 3.05) is 0 Å². The Morgan fingerprint density at radius 3 is 2.78 bits per heavy atom. The van der Waals surface area contributed by atoms with Crippen LogP contribution < -0.4 is 0 Å². The topological polar surface area (TPSA) is 44.5 Å². The summed E-state index contributed by atoms with van der Waals surface area (Å²) < 4.78 is 0. The average Bonchev–Trinajstić information content (AvgIpc) is 3.58. The molecule has 0 spiro atoms. The van der Waals surface area contributed by atoms with Crippen LogP contribution in [0.25, 0.3) is 44.3 Å². The number of rotatable bonds is 6. The van der Waals surface area contributed by atoms with Gasteiger partial charge >= 0.3 is 0 Å². The van der Waals surface area contributed by atoms with Gasteiger partial charge in [-0.25, -0.2) is 0 Å². The maximum Gasteiger partial charge on any atom is 0.116 e. The van der Waals surface area contributed by atoms with Crippen LogP contribution in [0.2, 0.25) is 0 Å². The van der Waals surface area contributed by atoms with E-state index in [0.717, 1.165) is 40.6 Å². The molecule has 0 unspecified atom stereocenters. The molecular formula is C29H27N3. The van der Waals surface area contributed by atoms with Gasteiger partial charge in [0.2, 0.25) is 0 Å². The van der Waals surface area contributed by atoms with Crippen molar-refractivity contribution in [3.8, 4) is 11.4 Å². The first-order valence-electron chi connectivity index (χ1n) is 11.2. The molecule has 5 rings (SSSR count). The third kappa shape index (κ3) is 3.46. The van der Waals surface area contributed by atoms with Crippen LogP contribution in [0.1, 0.15) is 37.8 Å². The molecule has 1 aliphatic rings. The molecule has 0 atom stereocenters. The number of aromatic nitrogens is 3. The summed E-state index contributed by atoms with van der Waals surface area (Å²) in [4.78, 5) is 3.59. The lowest BCUT2D eigenvalue weighted by Gasteiger charge is -2.05. The Labute approximate surface area is 188 Å². The van der Waals surface area contributed by atoms with Crippen molar-refractivity contribution in [3.63, 3.8) is 0 Å². The van der Waals surface area contributed by atoms with Gasteiger partial charge in [-0.05, 0) is 71.9 Å². The molecule has 2 N–H and O–H groups in total. The molecule has 0 radical (unpaired) electrons. The highest BCUT2D eigenvalue weighted by atomic mass is 15.1. The first-order valence-corrected chi connectivity index (χ1v) is 11.2. The van der Waals surface area contributed by atoms with Gasteiger partial charge in [0.1, 0.15) is 5.69 Å². The fourth-order valence-corrected chi connectivity index (χ4v) is 4.43. The maximum atomic E-state index is 4.67. The summed E-state index contributed by atoms with van der Waals surface area (Å²) in [6.45, 7) is 8.17. The Morgan fingerprint density at radius 1 is 1.12 bits per heavy atom. The summed E-state index contributed by atoms with van der Waals surface area (Å²) in [7, 11) is 0. The largest absolute Gasteiger partial charge is 0.353 e. The van der Waals surface area contributed by atoms with Crippen LogP contribution in [0.5, 0.6) is 0 Å². The molecule has 0 fully saturated rings. The molecule has 1 aliphatic carbocycles. The van der Waals surface area contributed by atoms with Gasteiger partial charge in [0.15, 0.2) is 0 Å². The summed E-state index contributed by atoms with van der Waals surface area (Å²) in [6, 6.07) is 15.1. The van der Waals surface area contributed by atoms with E-state index in [9.17, 15) is 0 Å². The van der Waals surface area contributed by atoms with Crippen LogP contribution in [-0.4, -0.2) is 15.2 Å². The molecule has 2 aromatic heterocycles. The van der Waals surface area contributed by atoms with E-state index < -0.39 is 0 Å². The minimum atomic E-state index is 0.943. The van der Waals surface area contributed by atoms with E-state index in [1.165, 1.54) is 33.2 Å². The van der Waals surface area contributed by atoms with Gasteiger partial charge in [-0.2, -0.15) is 5.10 Å². The molecule has 32 heavy (non-hydrogen) atoms. The second-order valence-electron chi connectivity index (χ2n) is 8.10. The van der Waals surface area contributed by atoms with Crippen LogP contribution >= 0.6 is 0 Å². The lowest BCUT2D eigenvalue weighted by atomic mass is 9.99. The minimum Gasteiger partial charge on any atom is -0.353 e. The number of hydrogen-bond donors (Lipinski definition) is 2. The fraction of sp³-hybridized carbons (Fsp3) is 0.138. The van der Waals surface area contributed by atoms with E-state index in [1.807, 2.05) is 6.08 Å². The van der Waals surface area contributed by atoms with Gasteiger partial charge in [0, 0.05) is 16.3 Å². The summed E-state index contributed by atoms with van der Waals surface area (Å²) in [5.74, 6) is 0. The zero-order valence-corrected chi connectivity index (χ0v) is 18.6. The first kappa shape index (κ1) is 20.1. The number of nitrogens with one attached hydrogen (secondary N) is 2. The Kier molecular flexibility index (Phi) is 5.24. The number of hydrogen-bond acceptors (Lipinski definition) is 1. The molecule has 3 heteroatoms. The molecule has 2 heterocycles. The highest BCUT2D eigenvalue weighted by Gasteiger charge is 2.15. The molecule has 4 aromatic rings. The van der Waals surface area contributed by atoms with E-state index in [4.69, 9.17) is 0 Å². The molecule has 3 nitrogen and oxygen atoms in total. The summed E-state index contributed by atoms with van der Waals surface area (Å²) in [5.41, 5.74) is 10.3. The van der Waals surface area contributed by atoms with Crippen LogP contribution in [0, 0.1) is 0 Å². The Morgan fingerprint density at radius 2 is 2.03 bits per heavy atom. The monoisotopic (exact) mass is 417 g/mol. The normalized spacial score (nSPS) is 14.5. The highest BCUT2D eigenvalue weighted by Crippen LogP contribution is 2.34. The van der Waals surface area contributed by atoms with Crippen molar-refractivity contribution in [2.24, 2.45) is 0 Å². The maximum absolute atomic E-state index is 4.67. The Bertz CT molecular complexity index is 1450. The molecule has 0 saturated carbocycles. The lowest BCUT2D eigenvalue weighted by Crippen LogP contribution is -1.85. The van der Waals surface area contributed by atoms with Crippen molar-refractivity contribution < 1.29 is 0 Å². The van der Waals surface area contributed by atoms with E-state index in [1.54, 1.807) is 0 Å². The molecule has 0 aliphatic heterocycles. The van der Waals surface area contributed by atoms with Gasteiger partial charge in [0.25, 0.3) is 0 Å². The van der Waals surface area contributed by atoms with Crippen molar-refractivity contribution >= 4 is 33.0 Å². The Balaban J connectivity index is 1.62. The predicted octanol–water partition coefficient (Wildman–Crippen LogP) is 7.98. The number of aromatic amines is 2. The van der Waals surface area contributed by atoms with Crippen molar-refractivity contribution in [1.29, 1.82) is 0 Å². The van der Waals surface area contributed by atoms with Gasteiger partial charge in [-0.3, -0.25) is 5.10 Å².